The highest BCUT2D eigenvalue weighted by molar-refractivity contribution is 6.45. The van der Waals surface area contributed by atoms with Gasteiger partial charge < -0.3 is 9.83 Å². The van der Waals surface area contributed by atoms with Crippen molar-refractivity contribution >= 4 is 18.9 Å². The van der Waals surface area contributed by atoms with Gasteiger partial charge in [-0.3, -0.25) is 14.5 Å². The molecule has 0 atom stereocenters. The average Bonchev–Trinajstić information content (AvgIpc) is 2.78. The molecule has 22 heavy (non-hydrogen) atoms. The first-order valence-electron chi connectivity index (χ1n) is 7.63. The molecule has 0 aliphatic carbocycles. The van der Waals surface area contributed by atoms with Crippen molar-refractivity contribution in [3.63, 3.8) is 0 Å². The zero-order valence-electron chi connectivity index (χ0n) is 12.7. The summed E-state index contributed by atoms with van der Waals surface area (Å²) in [6.07, 6.45) is 3.73. The molecule has 0 bridgehead atoms. The Morgan fingerprint density at radius 2 is 1.68 bits per heavy atom. The van der Waals surface area contributed by atoms with Gasteiger partial charge in [0.2, 0.25) is 0 Å². The molecule has 1 aromatic carbocycles. The lowest BCUT2D eigenvalue weighted by molar-refractivity contribution is 0.0671. The minimum Gasteiger partial charge on any atom is -0.437 e. The van der Waals surface area contributed by atoms with Crippen LogP contribution in [0, 0.1) is 0 Å². The van der Waals surface area contributed by atoms with E-state index in [4.69, 9.17) is 0 Å². The molecule has 1 N–H and O–H groups in total. The van der Waals surface area contributed by atoms with E-state index in [-0.39, 0.29) is 11.8 Å². The van der Waals surface area contributed by atoms with E-state index in [0.717, 1.165) is 25.9 Å². The van der Waals surface area contributed by atoms with E-state index >= 15 is 0 Å². The third-order valence-electron chi connectivity index (χ3n) is 4.41. The van der Waals surface area contributed by atoms with Gasteiger partial charge in [0.1, 0.15) is 0 Å². The highest BCUT2D eigenvalue weighted by Gasteiger charge is 2.34. The summed E-state index contributed by atoms with van der Waals surface area (Å²) in [6.45, 7) is 3.72. The molecule has 5 nitrogen and oxygen atoms in total. The number of fused-ring (bicyclic) bond motifs is 1. The van der Waals surface area contributed by atoms with Gasteiger partial charge in [0, 0.05) is 6.54 Å². The van der Waals surface area contributed by atoms with Gasteiger partial charge in [-0.25, -0.2) is 0 Å². The van der Waals surface area contributed by atoms with Crippen LogP contribution in [0.2, 0.25) is 6.82 Å². The lowest BCUT2D eigenvalue weighted by Crippen LogP contribution is -2.41. The van der Waals surface area contributed by atoms with Gasteiger partial charge in [-0.2, -0.15) is 0 Å². The van der Waals surface area contributed by atoms with Crippen LogP contribution in [0.25, 0.3) is 0 Å². The quantitative estimate of drug-likeness (QED) is 0.521. The van der Waals surface area contributed by atoms with Crippen LogP contribution in [-0.4, -0.2) is 53.2 Å². The van der Waals surface area contributed by atoms with Crippen LogP contribution in [0.3, 0.4) is 0 Å². The summed E-state index contributed by atoms with van der Waals surface area (Å²) in [4.78, 5) is 27.8. The Labute approximate surface area is 130 Å². The molecule has 114 valence electrons. The van der Waals surface area contributed by atoms with E-state index in [2.05, 4.69) is 0 Å². The van der Waals surface area contributed by atoms with Gasteiger partial charge in [-0.1, -0.05) is 23.8 Å². The zero-order valence-corrected chi connectivity index (χ0v) is 12.7. The molecular weight excluding hydrogens is 279 g/mol. The molecule has 2 heterocycles. The number of nitrogens with zero attached hydrogens (tertiary/aromatic N) is 2. The highest BCUT2D eigenvalue weighted by Crippen LogP contribution is 2.23. The second-order valence-electron chi connectivity index (χ2n) is 5.80. The van der Waals surface area contributed by atoms with E-state index in [9.17, 15) is 14.6 Å². The topological polar surface area (TPSA) is 60.9 Å². The van der Waals surface area contributed by atoms with Crippen molar-refractivity contribution in [1.29, 1.82) is 0 Å². The van der Waals surface area contributed by atoms with Crippen molar-refractivity contribution in [2.75, 3.05) is 19.6 Å². The first-order valence-corrected chi connectivity index (χ1v) is 7.63. The Morgan fingerprint density at radius 1 is 1.14 bits per heavy atom. The number of imide groups is 1. The largest absolute Gasteiger partial charge is 0.437 e. The molecule has 0 aromatic heterocycles. The molecule has 2 aliphatic heterocycles. The van der Waals surface area contributed by atoms with Crippen molar-refractivity contribution in [3.05, 3.63) is 47.0 Å². The van der Waals surface area contributed by atoms with Crippen LogP contribution in [0.1, 0.15) is 33.6 Å². The molecule has 2 amide bonds. The molecule has 0 spiro atoms. The summed E-state index contributed by atoms with van der Waals surface area (Å²) in [6, 6.07) is 6.95. The molecule has 0 saturated carbocycles. The van der Waals surface area contributed by atoms with Gasteiger partial charge in [-0.15, -0.1) is 0 Å². The predicted molar refractivity (Wildman–Crippen MR) is 84.5 cm³/mol. The van der Waals surface area contributed by atoms with Crippen LogP contribution in [0.4, 0.5) is 0 Å². The number of hydrogen-bond donors (Lipinski definition) is 1. The monoisotopic (exact) mass is 298 g/mol. The molecular formula is C16H19BN2O3. The lowest BCUT2D eigenvalue weighted by Gasteiger charge is -2.29. The Kier molecular flexibility index (Phi) is 4.13. The number of carbonyl (C=O) groups excluding carboxylic acids is 2. The van der Waals surface area contributed by atoms with E-state index in [1.54, 1.807) is 31.1 Å². The van der Waals surface area contributed by atoms with Crippen LogP contribution in [0.5, 0.6) is 0 Å². The molecule has 1 aromatic rings. The summed E-state index contributed by atoms with van der Waals surface area (Å²) in [5.74, 6) is -0.419. The summed E-state index contributed by atoms with van der Waals surface area (Å²) in [5, 5.41) is 9.54. The van der Waals surface area contributed by atoms with Crippen LogP contribution >= 0.6 is 0 Å². The van der Waals surface area contributed by atoms with E-state index in [0.29, 0.717) is 17.7 Å². The predicted octanol–water partition coefficient (Wildman–Crippen LogP) is 1.42. The van der Waals surface area contributed by atoms with Gasteiger partial charge in [0.15, 0.2) is 0 Å². The molecule has 3 rings (SSSR count). The second kappa shape index (κ2) is 6.06. The lowest BCUT2D eigenvalue weighted by atomic mass is 9.82. The third kappa shape index (κ3) is 2.72. The zero-order chi connectivity index (χ0) is 15.7. The summed E-state index contributed by atoms with van der Waals surface area (Å²) in [7, 11) is -0.419. The van der Waals surface area contributed by atoms with Crippen LogP contribution < -0.4 is 0 Å². The number of rotatable bonds is 3. The maximum atomic E-state index is 12.3. The molecule has 0 unspecified atom stereocenters. The van der Waals surface area contributed by atoms with E-state index in [1.165, 1.54) is 10.5 Å². The van der Waals surface area contributed by atoms with Gasteiger partial charge >= 0.3 is 7.05 Å². The molecule has 6 heteroatoms. The van der Waals surface area contributed by atoms with E-state index < -0.39 is 7.05 Å². The number of piperidine rings is 1. The van der Waals surface area contributed by atoms with Crippen LogP contribution in [0.15, 0.2) is 35.9 Å². The summed E-state index contributed by atoms with van der Waals surface area (Å²) < 4.78 is 0. The maximum absolute atomic E-state index is 12.3. The Bertz CT molecular complexity index is 597. The summed E-state index contributed by atoms with van der Waals surface area (Å²) >= 11 is 0. The number of carbonyl (C=O) groups is 2. The fourth-order valence-electron chi connectivity index (χ4n) is 3.01. The van der Waals surface area contributed by atoms with Crippen molar-refractivity contribution in [2.24, 2.45) is 0 Å². The van der Waals surface area contributed by atoms with Crippen molar-refractivity contribution in [2.45, 2.75) is 19.7 Å². The number of hydrogen-bond acceptors (Lipinski definition) is 4. The SMILES string of the molecule is CB(O)N1CCC(=CCN2C(=O)c3ccccc3C2=O)CC1. The normalized spacial score (nSPS) is 18.6. The smallest absolute Gasteiger partial charge is 0.376 e. The standard InChI is InChI=1S/C16H19BN2O3/c1-17(22)18-9-6-12(7-10-18)8-11-19-15(20)13-4-2-3-5-14(13)16(19)21/h2-5,8,22H,6-7,9-11H2,1H3. The molecule has 1 saturated heterocycles. The third-order valence-corrected chi connectivity index (χ3v) is 4.41. The van der Waals surface area contributed by atoms with Crippen LogP contribution in [-0.2, 0) is 0 Å². The fourth-order valence-corrected chi connectivity index (χ4v) is 3.01. The number of benzene rings is 1. The second-order valence-corrected chi connectivity index (χ2v) is 5.80. The van der Waals surface area contributed by atoms with Gasteiger partial charge in [0.05, 0.1) is 11.1 Å². The first-order chi connectivity index (χ1) is 10.6. The first kappa shape index (κ1) is 15.0. The maximum Gasteiger partial charge on any atom is 0.376 e. The molecule has 0 radical (unpaired) electrons. The van der Waals surface area contributed by atoms with Gasteiger partial charge in [-0.05, 0) is 44.9 Å². The summed E-state index contributed by atoms with van der Waals surface area (Å²) in [5.41, 5.74) is 2.23. The van der Waals surface area contributed by atoms with Crippen molar-refractivity contribution < 1.29 is 14.6 Å². The highest BCUT2D eigenvalue weighted by atomic mass is 16.2. The number of amides is 2. The Hall–Kier alpha value is -1.92. The molecule has 2 aliphatic rings. The van der Waals surface area contributed by atoms with E-state index in [1.807, 2.05) is 10.9 Å². The Balaban J connectivity index is 1.65. The van der Waals surface area contributed by atoms with Gasteiger partial charge in [0.25, 0.3) is 11.8 Å². The average molecular weight is 298 g/mol. The van der Waals surface area contributed by atoms with Crippen molar-refractivity contribution in [3.8, 4) is 0 Å². The minimum atomic E-state index is -0.419. The minimum absolute atomic E-state index is 0.209. The molecule has 1 fully saturated rings. The van der Waals surface area contributed by atoms with Crippen molar-refractivity contribution in [1.82, 2.24) is 9.71 Å². The fraction of sp³-hybridized carbons (Fsp3) is 0.375. The Morgan fingerprint density at radius 3 is 2.18 bits per heavy atom.